The Hall–Kier alpha value is -1.03. The largest absolute Gasteiger partial charge is 0.478 e. The maximum absolute atomic E-state index is 10.1. The number of hydrogen-bond acceptors (Lipinski definition) is 3. The first-order valence-corrected chi connectivity index (χ1v) is 4.53. The number of nitrogens with zero attached hydrogens (tertiary/aromatic N) is 1. The van der Waals surface area contributed by atoms with Crippen molar-refractivity contribution < 1.29 is 9.90 Å². The molecule has 4 nitrogen and oxygen atoms in total. The van der Waals surface area contributed by atoms with E-state index in [4.69, 9.17) is 5.11 Å². The molecule has 13 heavy (non-hydrogen) atoms. The monoisotopic (exact) mass is 184 g/mol. The molecule has 0 aromatic carbocycles. The van der Waals surface area contributed by atoms with E-state index in [9.17, 15) is 4.79 Å². The Morgan fingerprint density at radius 3 is 3.08 bits per heavy atom. The molecule has 0 amide bonds. The van der Waals surface area contributed by atoms with E-state index >= 15 is 0 Å². The van der Waals surface area contributed by atoms with Crippen molar-refractivity contribution in [2.45, 2.75) is 18.9 Å². The molecule has 0 aliphatic carbocycles. The van der Waals surface area contributed by atoms with Crippen LogP contribution >= 0.6 is 0 Å². The summed E-state index contributed by atoms with van der Waals surface area (Å²) in [5.41, 5.74) is 0. The van der Waals surface area contributed by atoms with Gasteiger partial charge in [-0.15, -0.1) is 0 Å². The Bertz CT molecular complexity index is 204. The van der Waals surface area contributed by atoms with Gasteiger partial charge in [0.15, 0.2) is 0 Å². The van der Waals surface area contributed by atoms with Crippen molar-refractivity contribution in [3.8, 4) is 0 Å². The molecule has 0 aromatic rings. The highest BCUT2D eigenvalue weighted by atomic mass is 16.4. The van der Waals surface area contributed by atoms with Gasteiger partial charge in [-0.3, -0.25) is 0 Å². The minimum Gasteiger partial charge on any atom is -0.478 e. The number of carboxylic acid groups (broad SMARTS) is 1. The molecule has 1 aliphatic heterocycles. The van der Waals surface area contributed by atoms with Crippen LogP contribution in [0.2, 0.25) is 0 Å². The van der Waals surface area contributed by atoms with Crippen LogP contribution in [0, 0.1) is 0 Å². The number of aliphatic carboxylic acids is 1. The van der Waals surface area contributed by atoms with Crippen molar-refractivity contribution in [2.24, 2.45) is 0 Å². The highest BCUT2D eigenvalue weighted by Crippen LogP contribution is 2.13. The molecule has 74 valence electrons. The second-order valence-corrected chi connectivity index (χ2v) is 3.36. The SMILES string of the molecule is CN1CCCC1CN/C=C/C(=O)O. The molecular formula is C9H16N2O2. The van der Waals surface area contributed by atoms with Crippen LogP contribution in [0.5, 0.6) is 0 Å². The molecule has 2 N–H and O–H groups in total. The van der Waals surface area contributed by atoms with Crippen molar-refractivity contribution in [1.29, 1.82) is 0 Å². The number of likely N-dealkylation sites (tertiary alicyclic amines) is 1. The lowest BCUT2D eigenvalue weighted by molar-refractivity contribution is -0.131. The van der Waals surface area contributed by atoms with Gasteiger partial charge < -0.3 is 15.3 Å². The van der Waals surface area contributed by atoms with Crippen molar-refractivity contribution >= 4 is 5.97 Å². The predicted octanol–water partition coefficient (Wildman–Crippen LogP) is 0.268. The minimum absolute atomic E-state index is 0.554. The Balaban J connectivity index is 2.15. The second-order valence-electron chi connectivity index (χ2n) is 3.36. The zero-order valence-corrected chi connectivity index (χ0v) is 7.86. The molecular weight excluding hydrogens is 168 g/mol. The number of rotatable bonds is 4. The molecule has 0 saturated carbocycles. The number of likely N-dealkylation sites (N-methyl/N-ethyl adjacent to an activating group) is 1. The summed E-state index contributed by atoms with van der Waals surface area (Å²) in [6, 6.07) is 0.554. The van der Waals surface area contributed by atoms with E-state index in [1.54, 1.807) is 0 Å². The fourth-order valence-electron chi connectivity index (χ4n) is 1.57. The standard InChI is InChI=1S/C9H16N2O2/c1-11-6-2-3-8(11)7-10-5-4-9(12)13/h4-5,8,10H,2-3,6-7H2,1H3,(H,12,13)/b5-4+. The summed E-state index contributed by atoms with van der Waals surface area (Å²) < 4.78 is 0. The fourth-order valence-corrected chi connectivity index (χ4v) is 1.57. The Labute approximate surface area is 78.2 Å². The average molecular weight is 184 g/mol. The molecule has 1 unspecified atom stereocenters. The van der Waals surface area contributed by atoms with Crippen molar-refractivity contribution in [2.75, 3.05) is 20.1 Å². The molecule has 1 aliphatic rings. The second kappa shape index (κ2) is 4.87. The van der Waals surface area contributed by atoms with E-state index in [-0.39, 0.29) is 0 Å². The van der Waals surface area contributed by atoms with Crippen molar-refractivity contribution in [1.82, 2.24) is 10.2 Å². The van der Waals surface area contributed by atoms with Gasteiger partial charge in [-0.25, -0.2) is 4.79 Å². The highest BCUT2D eigenvalue weighted by Gasteiger charge is 2.19. The van der Waals surface area contributed by atoms with Crippen LogP contribution in [-0.4, -0.2) is 42.2 Å². The molecule has 1 rings (SSSR count). The van der Waals surface area contributed by atoms with Gasteiger partial charge in [0.25, 0.3) is 0 Å². The molecule has 1 heterocycles. The zero-order valence-electron chi connectivity index (χ0n) is 7.86. The molecule has 1 atom stereocenters. The molecule has 0 aromatic heterocycles. The van der Waals surface area contributed by atoms with Gasteiger partial charge in [0.2, 0.25) is 0 Å². The van der Waals surface area contributed by atoms with Crippen LogP contribution in [0.15, 0.2) is 12.3 Å². The van der Waals surface area contributed by atoms with E-state index in [0.717, 1.165) is 19.2 Å². The summed E-state index contributed by atoms with van der Waals surface area (Å²) in [6.45, 7) is 1.98. The van der Waals surface area contributed by atoms with Gasteiger partial charge >= 0.3 is 5.97 Å². The Morgan fingerprint density at radius 2 is 2.54 bits per heavy atom. The lowest BCUT2D eigenvalue weighted by Crippen LogP contribution is -2.33. The molecule has 0 spiro atoms. The Morgan fingerprint density at radius 1 is 1.77 bits per heavy atom. The number of hydrogen-bond donors (Lipinski definition) is 2. The normalized spacial score (nSPS) is 23.9. The average Bonchev–Trinajstić information content (AvgIpc) is 2.45. The van der Waals surface area contributed by atoms with Crippen LogP contribution in [-0.2, 0) is 4.79 Å². The third-order valence-corrected chi connectivity index (χ3v) is 2.37. The molecule has 0 bridgehead atoms. The van der Waals surface area contributed by atoms with Crippen molar-refractivity contribution in [3.63, 3.8) is 0 Å². The number of nitrogens with one attached hydrogen (secondary N) is 1. The van der Waals surface area contributed by atoms with E-state index in [0.29, 0.717) is 6.04 Å². The van der Waals surface area contributed by atoms with Crippen LogP contribution in [0.25, 0.3) is 0 Å². The lowest BCUT2D eigenvalue weighted by atomic mass is 10.2. The number of carbonyl (C=O) groups is 1. The van der Waals surface area contributed by atoms with Gasteiger partial charge in [-0.2, -0.15) is 0 Å². The Kier molecular flexibility index (Phi) is 3.76. The third kappa shape index (κ3) is 3.46. The fraction of sp³-hybridized carbons (Fsp3) is 0.667. The van der Waals surface area contributed by atoms with Gasteiger partial charge in [0.05, 0.1) is 0 Å². The molecule has 4 heteroatoms. The first-order chi connectivity index (χ1) is 6.20. The smallest absolute Gasteiger partial charge is 0.329 e. The summed E-state index contributed by atoms with van der Waals surface area (Å²) in [7, 11) is 2.10. The summed E-state index contributed by atoms with van der Waals surface area (Å²) in [4.78, 5) is 12.4. The summed E-state index contributed by atoms with van der Waals surface area (Å²) in [5, 5.41) is 11.3. The van der Waals surface area contributed by atoms with Crippen LogP contribution < -0.4 is 5.32 Å². The van der Waals surface area contributed by atoms with E-state index in [1.807, 2.05) is 0 Å². The topological polar surface area (TPSA) is 52.6 Å². The maximum Gasteiger partial charge on any atom is 0.329 e. The first-order valence-electron chi connectivity index (χ1n) is 4.53. The minimum atomic E-state index is -0.910. The molecule has 1 fully saturated rings. The van der Waals surface area contributed by atoms with Gasteiger partial charge in [-0.1, -0.05) is 0 Å². The van der Waals surface area contributed by atoms with Crippen molar-refractivity contribution in [3.05, 3.63) is 12.3 Å². The van der Waals surface area contributed by atoms with Gasteiger partial charge in [0, 0.05) is 24.9 Å². The molecule has 0 radical (unpaired) electrons. The van der Waals surface area contributed by atoms with Gasteiger partial charge in [-0.05, 0) is 26.4 Å². The van der Waals surface area contributed by atoms with Gasteiger partial charge in [0.1, 0.15) is 0 Å². The maximum atomic E-state index is 10.1. The van der Waals surface area contributed by atoms with Crippen LogP contribution in [0.1, 0.15) is 12.8 Å². The summed E-state index contributed by atoms with van der Waals surface area (Å²) >= 11 is 0. The summed E-state index contributed by atoms with van der Waals surface area (Å²) in [5.74, 6) is -0.910. The third-order valence-electron chi connectivity index (χ3n) is 2.37. The van der Waals surface area contributed by atoms with Crippen LogP contribution in [0.4, 0.5) is 0 Å². The van der Waals surface area contributed by atoms with E-state index in [2.05, 4.69) is 17.3 Å². The zero-order chi connectivity index (χ0) is 9.68. The van der Waals surface area contributed by atoms with Crippen LogP contribution in [0.3, 0.4) is 0 Å². The first kappa shape index (κ1) is 10.1. The lowest BCUT2D eigenvalue weighted by Gasteiger charge is -2.18. The summed E-state index contributed by atoms with van der Waals surface area (Å²) in [6.07, 6.45) is 5.05. The van der Waals surface area contributed by atoms with E-state index in [1.165, 1.54) is 19.0 Å². The number of carboxylic acids is 1. The van der Waals surface area contributed by atoms with E-state index < -0.39 is 5.97 Å². The predicted molar refractivity (Wildman–Crippen MR) is 50.4 cm³/mol. The quantitative estimate of drug-likeness (QED) is 0.616. The molecule has 1 saturated heterocycles. The highest BCUT2D eigenvalue weighted by molar-refractivity contribution is 5.79.